The third kappa shape index (κ3) is 2.09. The number of aromatic nitrogens is 3. The number of benzene rings is 3. The fourth-order valence-electron chi connectivity index (χ4n) is 4.92. The van der Waals surface area contributed by atoms with Crippen molar-refractivity contribution in [3.8, 4) is 22.3 Å². The molecule has 0 unspecified atom stereocenters. The zero-order valence-electron chi connectivity index (χ0n) is 16.2. The smallest absolute Gasteiger partial charge is 0.146 e. The van der Waals surface area contributed by atoms with Gasteiger partial charge in [0.15, 0.2) is 0 Å². The summed E-state index contributed by atoms with van der Waals surface area (Å²) in [4.78, 5) is 9.29. The molecule has 3 nitrogen and oxygen atoms in total. The van der Waals surface area contributed by atoms with Gasteiger partial charge in [0.05, 0.1) is 0 Å². The van der Waals surface area contributed by atoms with Gasteiger partial charge in [-0.25, -0.2) is 9.97 Å². The van der Waals surface area contributed by atoms with Crippen LogP contribution in [-0.2, 0) is 6.42 Å². The van der Waals surface area contributed by atoms with Gasteiger partial charge in [0.2, 0.25) is 0 Å². The summed E-state index contributed by atoms with van der Waals surface area (Å²) in [6, 6.07) is 26.3. The van der Waals surface area contributed by atoms with Crippen LogP contribution in [0.2, 0.25) is 0 Å². The average Bonchev–Trinajstić information content (AvgIpc) is 3.43. The van der Waals surface area contributed by atoms with Gasteiger partial charge in [-0.15, -0.1) is 0 Å². The maximum Gasteiger partial charge on any atom is 0.146 e. The molecule has 0 aliphatic heterocycles. The van der Waals surface area contributed by atoms with Gasteiger partial charge in [-0.3, -0.25) is 4.40 Å². The molecule has 0 radical (unpaired) electrons. The molecule has 1 aliphatic carbocycles. The molecule has 1 aliphatic rings. The summed E-state index contributed by atoms with van der Waals surface area (Å²) in [6.07, 6.45) is 6.67. The summed E-state index contributed by atoms with van der Waals surface area (Å²) in [5.41, 5.74) is 9.87. The van der Waals surface area contributed by atoms with Crippen molar-refractivity contribution in [1.82, 2.24) is 14.4 Å². The van der Waals surface area contributed by atoms with Crippen molar-refractivity contribution in [3.05, 3.63) is 103 Å². The average molecular weight is 383 g/mol. The molecule has 30 heavy (non-hydrogen) atoms. The van der Waals surface area contributed by atoms with Gasteiger partial charge in [0.25, 0.3) is 0 Å². The van der Waals surface area contributed by atoms with Crippen molar-refractivity contribution >= 4 is 27.5 Å². The summed E-state index contributed by atoms with van der Waals surface area (Å²) in [7, 11) is 0. The molecule has 0 saturated heterocycles. The quantitative estimate of drug-likeness (QED) is 0.313. The lowest BCUT2D eigenvalue weighted by atomic mass is 9.97. The fraction of sp³-hybridized carbons (Fsp3) is 0.0370. The standard InChI is InChI=1S/C27H17N3/c1-2-5-17(6-3-1)18-8-9-19-13-20-15-25-24(16-23(20)22(19)14-18)21-7-4-10-28-26(21)30-12-11-29-27(25)30/h1-12,14-16H,13H2. The van der Waals surface area contributed by atoms with Crippen LogP contribution in [0.15, 0.2) is 91.4 Å². The first-order chi connectivity index (χ1) is 14.9. The number of hydrogen-bond donors (Lipinski definition) is 0. The molecule has 3 heterocycles. The zero-order chi connectivity index (χ0) is 19.7. The number of pyridine rings is 2. The highest BCUT2D eigenvalue weighted by Gasteiger charge is 2.22. The van der Waals surface area contributed by atoms with E-state index in [0.29, 0.717) is 0 Å². The Labute approximate surface area is 173 Å². The molecule has 3 aromatic heterocycles. The molecule has 3 heteroatoms. The second kappa shape index (κ2) is 5.77. The number of imidazole rings is 1. The first-order valence-electron chi connectivity index (χ1n) is 10.2. The number of fused-ring (bicyclic) bond motifs is 9. The Kier molecular flexibility index (Phi) is 3.06. The lowest BCUT2D eigenvalue weighted by Crippen LogP contribution is -1.94. The number of hydrogen-bond acceptors (Lipinski definition) is 2. The van der Waals surface area contributed by atoms with E-state index in [1.807, 2.05) is 24.7 Å². The first kappa shape index (κ1) is 15.9. The summed E-state index contributed by atoms with van der Waals surface area (Å²) in [5, 5.41) is 3.57. The molecule has 3 aromatic carbocycles. The molecule has 140 valence electrons. The molecule has 0 spiro atoms. The van der Waals surface area contributed by atoms with Crippen molar-refractivity contribution in [3.63, 3.8) is 0 Å². The van der Waals surface area contributed by atoms with Gasteiger partial charge in [-0.05, 0) is 75.5 Å². The molecular weight excluding hydrogens is 366 g/mol. The lowest BCUT2D eigenvalue weighted by molar-refractivity contribution is 1.20. The summed E-state index contributed by atoms with van der Waals surface area (Å²) < 4.78 is 2.10. The van der Waals surface area contributed by atoms with Gasteiger partial charge in [0, 0.05) is 29.4 Å². The minimum atomic E-state index is 0.953. The van der Waals surface area contributed by atoms with E-state index in [1.54, 1.807) is 0 Å². The summed E-state index contributed by atoms with van der Waals surface area (Å²) in [5.74, 6) is 0. The Hall–Kier alpha value is -3.98. The van der Waals surface area contributed by atoms with Crippen LogP contribution in [-0.4, -0.2) is 14.4 Å². The molecule has 0 fully saturated rings. The highest BCUT2D eigenvalue weighted by atomic mass is 15.0. The molecular formula is C27H17N3. The molecule has 6 aromatic rings. The molecule has 0 atom stereocenters. The van der Waals surface area contributed by atoms with E-state index in [1.165, 1.54) is 44.2 Å². The van der Waals surface area contributed by atoms with E-state index in [-0.39, 0.29) is 0 Å². The maximum absolute atomic E-state index is 4.65. The molecule has 0 N–H and O–H groups in total. The Balaban J connectivity index is 1.54. The Bertz CT molecular complexity index is 1610. The van der Waals surface area contributed by atoms with E-state index in [0.717, 1.165) is 23.1 Å². The SMILES string of the molecule is c1ccc(-c2ccc3c(c2)-c2cc4c5cccnc5n5ccnc5c4cc2C3)cc1. The monoisotopic (exact) mass is 383 g/mol. The maximum atomic E-state index is 4.65. The van der Waals surface area contributed by atoms with Gasteiger partial charge in [-0.1, -0.05) is 42.5 Å². The Morgan fingerprint density at radius 1 is 0.600 bits per heavy atom. The van der Waals surface area contributed by atoms with Gasteiger partial charge < -0.3 is 0 Å². The van der Waals surface area contributed by atoms with Crippen molar-refractivity contribution in [1.29, 1.82) is 0 Å². The van der Waals surface area contributed by atoms with Gasteiger partial charge in [-0.2, -0.15) is 0 Å². The largest absolute Gasteiger partial charge is 0.283 e. The van der Waals surface area contributed by atoms with Crippen molar-refractivity contribution < 1.29 is 0 Å². The predicted octanol–water partition coefficient (Wildman–Crippen LogP) is 6.27. The van der Waals surface area contributed by atoms with E-state index >= 15 is 0 Å². The van der Waals surface area contributed by atoms with Gasteiger partial charge in [0.1, 0.15) is 11.3 Å². The number of rotatable bonds is 1. The third-order valence-electron chi connectivity index (χ3n) is 6.32. The summed E-state index contributed by atoms with van der Waals surface area (Å²) >= 11 is 0. The van der Waals surface area contributed by atoms with Crippen LogP contribution in [0, 0.1) is 0 Å². The van der Waals surface area contributed by atoms with Gasteiger partial charge >= 0.3 is 0 Å². The molecule has 0 amide bonds. The van der Waals surface area contributed by atoms with E-state index in [4.69, 9.17) is 0 Å². The second-order valence-electron chi connectivity index (χ2n) is 7.97. The molecule has 0 bridgehead atoms. The highest BCUT2D eigenvalue weighted by Crippen LogP contribution is 2.42. The summed E-state index contributed by atoms with van der Waals surface area (Å²) in [6.45, 7) is 0. The van der Waals surface area contributed by atoms with Crippen molar-refractivity contribution in [2.45, 2.75) is 6.42 Å². The highest BCUT2D eigenvalue weighted by molar-refractivity contribution is 6.12. The zero-order valence-corrected chi connectivity index (χ0v) is 16.2. The molecule has 7 rings (SSSR count). The molecule has 0 saturated carbocycles. The van der Waals surface area contributed by atoms with Crippen LogP contribution in [0.25, 0.3) is 49.7 Å². The first-order valence-corrected chi connectivity index (χ1v) is 10.2. The van der Waals surface area contributed by atoms with Crippen molar-refractivity contribution in [2.75, 3.05) is 0 Å². The van der Waals surface area contributed by atoms with Crippen LogP contribution >= 0.6 is 0 Å². The van der Waals surface area contributed by atoms with Crippen molar-refractivity contribution in [2.24, 2.45) is 0 Å². The predicted molar refractivity (Wildman–Crippen MR) is 122 cm³/mol. The Morgan fingerprint density at radius 3 is 2.37 bits per heavy atom. The minimum absolute atomic E-state index is 0.953. The normalized spacial score (nSPS) is 12.5. The van der Waals surface area contributed by atoms with E-state index in [9.17, 15) is 0 Å². The Morgan fingerprint density at radius 2 is 1.43 bits per heavy atom. The lowest BCUT2D eigenvalue weighted by Gasteiger charge is -2.10. The van der Waals surface area contributed by atoms with Crippen LogP contribution in [0.5, 0.6) is 0 Å². The number of nitrogens with zero attached hydrogens (tertiary/aromatic N) is 3. The van der Waals surface area contributed by atoms with E-state index < -0.39 is 0 Å². The van der Waals surface area contributed by atoms with Crippen LogP contribution in [0.1, 0.15) is 11.1 Å². The van der Waals surface area contributed by atoms with Crippen LogP contribution < -0.4 is 0 Å². The second-order valence-corrected chi connectivity index (χ2v) is 7.97. The van der Waals surface area contributed by atoms with Crippen LogP contribution in [0.3, 0.4) is 0 Å². The van der Waals surface area contributed by atoms with Crippen LogP contribution in [0.4, 0.5) is 0 Å². The fourth-order valence-corrected chi connectivity index (χ4v) is 4.92. The van der Waals surface area contributed by atoms with E-state index in [2.05, 4.69) is 81.1 Å². The topological polar surface area (TPSA) is 30.2 Å². The third-order valence-corrected chi connectivity index (χ3v) is 6.32. The minimum Gasteiger partial charge on any atom is -0.283 e.